The molecule has 0 bridgehead atoms. The standard InChI is InChI=1S/C21H26N2O7S/c1-15(21(24)23-10-12-29-13-11-23)30-17-5-7-18(8-6-17)31(25,26)22-16-4-9-19(27-2)20(14-16)28-3/h4-9,14-15,22H,10-13H2,1-3H3/t15-/m0/s1. The zero-order valence-corrected chi connectivity index (χ0v) is 18.5. The number of ether oxygens (including phenoxy) is 4. The van der Waals surface area contributed by atoms with Crippen LogP contribution >= 0.6 is 0 Å². The first kappa shape index (κ1) is 22.7. The summed E-state index contributed by atoms with van der Waals surface area (Å²) in [5, 5.41) is 0. The zero-order chi connectivity index (χ0) is 22.4. The molecule has 1 N–H and O–H groups in total. The molecule has 0 spiro atoms. The molecule has 9 nitrogen and oxygen atoms in total. The van der Waals surface area contributed by atoms with Crippen LogP contribution in [-0.2, 0) is 19.6 Å². The van der Waals surface area contributed by atoms with Crippen LogP contribution in [0.2, 0.25) is 0 Å². The van der Waals surface area contributed by atoms with E-state index in [0.29, 0.717) is 49.2 Å². The SMILES string of the molecule is COc1ccc(NS(=O)(=O)c2ccc(O[C@@H](C)C(=O)N3CCOCC3)cc2)cc1OC. The molecule has 0 radical (unpaired) electrons. The van der Waals surface area contributed by atoms with Crippen molar-refractivity contribution >= 4 is 21.6 Å². The molecule has 2 aromatic carbocycles. The van der Waals surface area contributed by atoms with Crippen molar-refractivity contribution in [1.82, 2.24) is 4.90 Å². The molecule has 1 saturated heterocycles. The normalized spacial score (nSPS) is 15.1. The van der Waals surface area contributed by atoms with Crippen molar-refractivity contribution < 1.29 is 32.2 Å². The highest BCUT2D eigenvalue weighted by Gasteiger charge is 2.24. The van der Waals surface area contributed by atoms with Gasteiger partial charge in [-0.05, 0) is 43.3 Å². The fourth-order valence-corrected chi connectivity index (χ4v) is 4.16. The lowest BCUT2D eigenvalue weighted by atomic mass is 10.3. The second kappa shape index (κ2) is 9.88. The van der Waals surface area contributed by atoms with Crippen molar-refractivity contribution in [3.63, 3.8) is 0 Å². The van der Waals surface area contributed by atoms with Crippen LogP contribution in [0.15, 0.2) is 47.4 Å². The van der Waals surface area contributed by atoms with Gasteiger partial charge in [0.05, 0.1) is 38.0 Å². The van der Waals surface area contributed by atoms with Gasteiger partial charge in [-0.25, -0.2) is 8.42 Å². The maximum absolute atomic E-state index is 12.7. The van der Waals surface area contributed by atoms with Crippen LogP contribution in [0.1, 0.15) is 6.92 Å². The molecule has 1 aliphatic rings. The van der Waals surface area contributed by atoms with Crippen LogP contribution in [0, 0.1) is 0 Å². The number of amides is 1. The summed E-state index contributed by atoms with van der Waals surface area (Å²) in [6.07, 6.45) is -0.689. The summed E-state index contributed by atoms with van der Waals surface area (Å²) < 4.78 is 49.2. The monoisotopic (exact) mass is 450 g/mol. The largest absolute Gasteiger partial charge is 0.493 e. The predicted molar refractivity (Wildman–Crippen MR) is 114 cm³/mol. The fourth-order valence-electron chi connectivity index (χ4n) is 3.11. The Labute approximate surface area is 181 Å². The molecule has 2 aromatic rings. The van der Waals surface area contributed by atoms with Gasteiger partial charge >= 0.3 is 0 Å². The third-order valence-electron chi connectivity index (χ3n) is 4.75. The molecule has 0 aromatic heterocycles. The minimum Gasteiger partial charge on any atom is -0.493 e. The summed E-state index contributed by atoms with van der Waals surface area (Å²) in [6.45, 7) is 3.76. The van der Waals surface area contributed by atoms with Gasteiger partial charge in [0, 0.05) is 19.2 Å². The highest BCUT2D eigenvalue weighted by atomic mass is 32.2. The summed E-state index contributed by atoms with van der Waals surface area (Å²) in [5.74, 6) is 1.17. The molecular weight excluding hydrogens is 424 g/mol. The lowest BCUT2D eigenvalue weighted by Crippen LogP contribution is -2.46. The van der Waals surface area contributed by atoms with Crippen LogP contribution in [0.4, 0.5) is 5.69 Å². The smallest absolute Gasteiger partial charge is 0.263 e. The Hall–Kier alpha value is -2.98. The summed E-state index contributed by atoms with van der Waals surface area (Å²) in [4.78, 5) is 14.2. The average Bonchev–Trinajstić information content (AvgIpc) is 2.79. The first-order valence-electron chi connectivity index (χ1n) is 9.72. The van der Waals surface area contributed by atoms with E-state index >= 15 is 0 Å². The van der Waals surface area contributed by atoms with Crippen LogP contribution in [-0.4, -0.2) is 65.9 Å². The van der Waals surface area contributed by atoms with Gasteiger partial charge in [-0.3, -0.25) is 9.52 Å². The maximum atomic E-state index is 12.7. The van der Waals surface area contributed by atoms with E-state index in [1.54, 1.807) is 24.0 Å². The molecule has 1 fully saturated rings. The molecule has 1 heterocycles. The number of sulfonamides is 1. The Balaban J connectivity index is 1.66. The molecule has 0 aliphatic carbocycles. The molecule has 31 heavy (non-hydrogen) atoms. The minimum atomic E-state index is -3.83. The van der Waals surface area contributed by atoms with E-state index in [1.165, 1.54) is 44.6 Å². The number of nitrogens with zero attached hydrogens (tertiary/aromatic N) is 1. The lowest BCUT2D eigenvalue weighted by molar-refractivity contribution is -0.142. The van der Waals surface area contributed by atoms with Gasteiger partial charge < -0.3 is 23.8 Å². The van der Waals surface area contributed by atoms with Gasteiger partial charge in [0.1, 0.15) is 5.75 Å². The van der Waals surface area contributed by atoms with E-state index in [4.69, 9.17) is 18.9 Å². The second-order valence-electron chi connectivity index (χ2n) is 6.84. The van der Waals surface area contributed by atoms with Crippen molar-refractivity contribution in [3.8, 4) is 17.2 Å². The Morgan fingerprint density at radius 2 is 1.68 bits per heavy atom. The number of carbonyl (C=O) groups is 1. The summed E-state index contributed by atoms with van der Waals surface area (Å²) in [7, 11) is -0.855. The first-order valence-corrected chi connectivity index (χ1v) is 11.2. The van der Waals surface area contributed by atoms with Crippen LogP contribution < -0.4 is 18.9 Å². The van der Waals surface area contributed by atoms with E-state index in [0.717, 1.165) is 0 Å². The first-order chi connectivity index (χ1) is 14.8. The highest BCUT2D eigenvalue weighted by molar-refractivity contribution is 7.92. The Kier molecular flexibility index (Phi) is 7.24. The van der Waals surface area contributed by atoms with Gasteiger partial charge in [0.25, 0.3) is 15.9 Å². The van der Waals surface area contributed by atoms with Crippen LogP contribution in [0.3, 0.4) is 0 Å². The average molecular weight is 451 g/mol. The van der Waals surface area contributed by atoms with E-state index in [-0.39, 0.29) is 10.8 Å². The molecule has 168 valence electrons. The molecule has 3 rings (SSSR count). The van der Waals surface area contributed by atoms with Gasteiger partial charge in [0.15, 0.2) is 17.6 Å². The van der Waals surface area contributed by atoms with E-state index in [1.807, 2.05) is 0 Å². The van der Waals surface area contributed by atoms with Crippen molar-refractivity contribution in [2.24, 2.45) is 0 Å². The Morgan fingerprint density at radius 1 is 1.03 bits per heavy atom. The third-order valence-corrected chi connectivity index (χ3v) is 6.15. The lowest BCUT2D eigenvalue weighted by Gasteiger charge is -2.29. The van der Waals surface area contributed by atoms with Gasteiger partial charge in [-0.2, -0.15) is 0 Å². The summed E-state index contributed by atoms with van der Waals surface area (Å²) in [5.41, 5.74) is 0.336. The maximum Gasteiger partial charge on any atom is 0.263 e. The Morgan fingerprint density at radius 3 is 2.29 bits per heavy atom. The van der Waals surface area contributed by atoms with E-state index in [9.17, 15) is 13.2 Å². The van der Waals surface area contributed by atoms with Gasteiger partial charge in [-0.1, -0.05) is 0 Å². The number of rotatable bonds is 8. The Bertz CT molecular complexity index is 1000. The van der Waals surface area contributed by atoms with Gasteiger partial charge in [-0.15, -0.1) is 0 Å². The number of anilines is 1. The van der Waals surface area contributed by atoms with Crippen molar-refractivity contribution in [1.29, 1.82) is 0 Å². The van der Waals surface area contributed by atoms with E-state index in [2.05, 4.69) is 4.72 Å². The van der Waals surface area contributed by atoms with Crippen molar-refractivity contribution in [2.45, 2.75) is 17.9 Å². The highest BCUT2D eigenvalue weighted by Crippen LogP contribution is 2.31. The van der Waals surface area contributed by atoms with Crippen LogP contribution in [0.5, 0.6) is 17.2 Å². The molecule has 1 amide bonds. The van der Waals surface area contributed by atoms with Gasteiger partial charge in [0.2, 0.25) is 0 Å². The van der Waals surface area contributed by atoms with Crippen molar-refractivity contribution in [3.05, 3.63) is 42.5 Å². The molecule has 10 heteroatoms. The fraction of sp³-hybridized carbons (Fsp3) is 0.381. The molecule has 0 saturated carbocycles. The van der Waals surface area contributed by atoms with Crippen LogP contribution in [0.25, 0.3) is 0 Å². The van der Waals surface area contributed by atoms with Crippen molar-refractivity contribution in [2.75, 3.05) is 45.2 Å². The molecule has 1 atom stereocenters. The predicted octanol–water partition coefficient (Wildman–Crippen LogP) is 2.13. The second-order valence-corrected chi connectivity index (χ2v) is 8.53. The zero-order valence-electron chi connectivity index (χ0n) is 17.7. The summed E-state index contributed by atoms with van der Waals surface area (Å²) >= 11 is 0. The minimum absolute atomic E-state index is 0.0572. The number of hydrogen-bond donors (Lipinski definition) is 1. The number of nitrogens with one attached hydrogen (secondary N) is 1. The number of carbonyl (C=O) groups excluding carboxylic acids is 1. The number of benzene rings is 2. The topological polar surface area (TPSA) is 103 Å². The van der Waals surface area contributed by atoms with E-state index < -0.39 is 16.1 Å². The molecule has 0 unspecified atom stereocenters. The number of morpholine rings is 1. The third kappa shape index (κ3) is 5.59. The molecule has 1 aliphatic heterocycles. The number of methoxy groups -OCH3 is 2. The summed E-state index contributed by atoms with van der Waals surface area (Å²) in [6, 6.07) is 10.6. The quantitative estimate of drug-likeness (QED) is 0.657. The number of hydrogen-bond acceptors (Lipinski definition) is 7. The molecular formula is C21H26N2O7S.